The highest BCUT2D eigenvalue weighted by atomic mass is 31.0. The monoisotopic (exact) mass is 381 g/mol. The van der Waals surface area contributed by atoms with E-state index in [9.17, 15) is 0 Å². The Labute approximate surface area is 162 Å². The van der Waals surface area contributed by atoms with Crippen LogP contribution in [0.25, 0.3) is 55.0 Å². The summed E-state index contributed by atoms with van der Waals surface area (Å²) in [5.74, 6) is 0. The summed E-state index contributed by atoms with van der Waals surface area (Å²) in [6, 6.07) is 24.7. The fourth-order valence-electron chi connectivity index (χ4n) is 3.95. The quantitative estimate of drug-likeness (QED) is 0.271. The molecule has 0 aliphatic heterocycles. The molecule has 4 heteroatoms. The van der Waals surface area contributed by atoms with Gasteiger partial charge in [-0.3, -0.25) is 0 Å². The summed E-state index contributed by atoms with van der Waals surface area (Å²) in [5.41, 5.74) is 12.2. The number of fused-ring (bicyclic) bond motifs is 6. The van der Waals surface area contributed by atoms with Crippen LogP contribution in [0.5, 0.6) is 0 Å². The highest BCUT2D eigenvalue weighted by Crippen LogP contribution is 2.35. The third-order valence-corrected chi connectivity index (χ3v) is 5.69. The highest BCUT2D eigenvalue weighted by Gasteiger charge is 2.11. The average Bonchev–Trinajstić information content (AvgIpc) is 3.23. The van der Waals surface area contributed by atoms with E-state index in [1.807, 2.05) is 24.3 Å². The molecule has 0 bridgehead atoms. The lowest BCUT2D eigenvalue weighted by Crippen LogP contribution is -1.85. The van der Waals surface area contributed by atoms with Gasteiger partial charge in [0.15, 0.2) is 0 Å². The number of hydrogen-bond donors (Lipinski definition) is 1. The molecule has 0 saturated carbocycles. The molecule has 6 aromatic rings. The van der Waals surface area contributed by atoms with E-state index in [4.69, 9.17) is 14.6 Å². The second kappa shape index (κ2) is 5.60. The molecule has 0 radical (unpaired) electrons. The predicted octanol–water partition coefficient (Wildman–Crippen LogP) is 6.24. The van der Waals surface area contributed by atoms with E-state index >= 15 is 0 Å². The zero-order chi connectivity index (χ0) is 18.8. The zero-order valence-corrected chi connectivity index (χ0v) is 16.1. The molecular formula is C24H16NO2P. The largest absolute Gasteiger partial charge is 0.456 e. The summed E-state index contributed by atoms with van der Waals surface area (Å²) in [4.78, 5) is 0. The smallest absolute Gasteiger partial charge is 0.137 e. The second-order valence-electron chi connectivity index (χ2n) is 7.14. The zero-order valence-electron chi connectivity index (χ0n) is 14.9. The van der Waals surface area contributed by atoms with Crippen molar-refractivity contribution in [3.63, 3.8) is 0 Å². The molecule has 3 nitrogen and oxygen atoms in total. The van der Waals surface area contributed by atoms with Crippen LogP contribution in [0.4, 0.5) is 5.69 Å². The van der Waals surface area contributed by atoms with E-state index in [1.54, 1.807) is 0 Å². The van der Waals surface area contributed by atoms with Gasteiger partial charge >= 0.3 is 0 Å². The minimum absolute atomic E-state index is 0.704. The number of benzene rings is 4. The Morgan fingerprint density at radius 1 is 0.536 bits per heavy atom. The SMILES string of the molecule is Nc1ccc2c(c1)oc1cc(-c3ccc4c(c3)oc3cc(P)ccc34)ccc12. The molecule has 0 fully saturated rings. The number of anilines is 1. The predicted molar refractivity (Wildman–Crippen MR) is 120 cm³/mol. The Morgan fingerprint density at radius 2 is 1.00 bits per heavy atom. The molecule has 1 atom stereocenters. The Hall–Kier alpha value is -3.29. The van der Waals surface area contributed by atoms with Gasteiger partial charge in [0.05, 0.1) is 0 Å². The van der Waals surface area contributed by atoms with Gasteiger partial charge in [0.2, 0.25) is 0 Å². The Kier molecular flexibility index (Phi) is 3.15. The van der Waals surface area contributed by atoms with Crippen LogP contribution in [0.3, 0.4) is 0 Å². The third-order valence-electron chi connectivity index (χ3n) is 5.33. The van der Waals surface area contributed by atoms with Gasteiger partial charge in [0.25, 0.3) is 0 Å². The van der Waals surface area contributed by atoms with E-state index in [0.717, 1.165) is 60.3 Å². The van der Waals surface area contributed by atoms with Crippen LogP contribution in [0, 0.1) is 0 Å². The molecule has 0 spiro atoms. The van der Waals surface area contributed by atoms with Gasteiger partial charge in [-0.25, -0.2) is 0 Å². The molecular weight excluding hydrogens is 365 g/mol. The summed E-state index contributed by atoms with van der Waals surface area (Å²) in [5, 5.41) is 5.55. The highest BCUT2D eigenvalue weighted by molar-refractivity contribution is 7.27. The molecule has 28 heavy (non-hydrogen) atoms. The van der Waals surface area contributed by atoms with Crippen LogP contribution >= 0.6 is 9.24 Å². The molecule has 1 unspecified atom stereocenters. The van der Waals surface area contributed by atoms with Gasteiger partial charge in [-0.15, -0.1) is 9.24 Å². The van der Waals surface area contributed by atoms with Crippen molar-refractivity contribution in [2.24, 2.45) is 0 Å². The normalized spacial score (nSPS) is 11.9. The van der Waals surface area contributed by atoms with Crippen LogP contribution in [0.15, 0.2) is 81.6 Å². The van der Waals surface area contributed by atoms with Gasteiger partial charge in [0, 0.05) is 33.3 Å². The van der Waals surface area contributed by atoms with Gasteiger partial charge in [-0.05, 0) is 65.0 Å². The Morgan fingerprint density at radius 3 is 1.61 bits per heavy atom. The molecule has 2 heterocycles. The summed E-state index contributed by atoms with van der Waals surface area (Å²) >= 11 is 0. The average molecular weight is 381 g/mol. The Balaban J connectivity index is 1.54. The lowest BCUT2D eigenvalue weighted by molar-refractivity contribution is 0.668. The molecule has 0 saturated heterocycles. The fourth-order valence-corrected chi connectivity index (χ4v) is 4.19. The van der Waals surface area contributed by atoms with Crippen molar-refractivity contribution < 1.29 is 8.83 Å². The molecule has 4 aromatic carbocycles. The summed E-state index contributed by atoms with van der Waals surface area (Å²) in [7, 11) is 2.71. The summed E-state index contributed by atoms with van der Waals surface area (Å²) in [6.07, 6.45) is 0. The number of rotatable bonds is 1. The van der Waals surface area contributed by atoms with Crippen molar-refractivity contribution in [2.45, 2.75) is 0 Å². The minimum Gasteiger partial charge on any atom is -0.456 e. The first-order valence-electron chi connectivity index (χ1n) is 9.10. The van der Waals surface area contributed by atoms with Gasteiger partial charge in [-0.2, -0.15) is 0 Å². The third kappa shape index (κ3) is 2.27. The van der Waals surface area contributed by atoms with Crippen molar-refractivity contribution in [1.29, 1.82) is 0 Å². The standard InChI is InChI=1S/C24H16NO2P/c25-15-3-7-19-17-5-1-13(9-21(17)26-23(19)11-15)14-2-6-18-20-8-4-16(28)12-24(20)27-22(18)10-14/h1-12H,25,28H2. The van der Waals surface area contributed by atoms with Crippen molar-refractivity contribution in [3.8, 4) is 11.1 Å². The first-order chi connectivity index (χ1) is 13.7. The van der Waals surface area contributed by atoms with Gasteiger partial charge in [-0.1, -0.05) is 18.2 Å². The molecule has 0 amide bonds. The maximum absolute atomic E-state index is 6.09. The van der Waals surface area contributed by atoms with E-state index in [-0.39, 0.29) is 0 Å². The molecule has 2 aromatic heterocycles. The van der Waals surface area contributed by atoms with E-state index in [1.165, 1.54) is 0 Å². The molecule has 6 rings (SSSR count). The van der Waals surface area contributed by atoms with Crippen LogP contribution < -0.4 is 11.0 Å². The van der Waals surface area contributed by atoms with Crippen molar-refractivity contribution in [2.75, 3.05) is 5.73 Å². The van der Waals surface area contributed by atoms with Crippen LogP contribution in [0.2, 0.25) is 0 Å². The lowest BCUT2D eigenvalue weighted by atomic mass is 10.0. The van der Waals surface area contributed by atoms with E-state index < -0.39 is 0 Å². The molecule has 0 aliphatic rings. The first kappa shape index (κ1) is 15.7. The maximum Gasteiger partial charge on any atom is 0.137 e. The molecule has 2 N–H and O–H groups in total. The number of nitrogens with two attached hydrogens (primary N) is 1. The van der Waals surface area contributed by atoms with Crippen LogP contribution in [-0.2, 0) is 0 Å². The second-order valence-corrected chi connectivity index (χ2v) is 7.80. The summed E-state index contributed by atoms with van der Waals surface area (Å²) in [6.45, 7) is 0. The van der Waals surface area contributed by atoms with E-state index in [0.29, 0.717) is 5.69 Å². The summed E-state index contributed by atoms with van der Waals surface area (Å²) < 4.78 is 12.1. The maximum atomic E-state index is 6.09. The van der Waals surface area contributed by atoms with Crippen molar-refractivity contribution >= 4 is 64.1 Å². The van der Waals surface area contributed by atoms with E-state index in [2.05, 4.69) is 57.8 Å². The molecule has 134 valence electrons. The van der Waals surface area contributed by atoms with Crippen LogP contribution in [0.1, 0.15) is 0 Å². The topological polar surface area (TPSA) is 52.3 Å². The lowest BCUT2D eigenvalue weighted by Gasteiger charge is -2.02. The molecule has 0 aliphatic carbocycles. The minimum atomic E-state index is 0.704. The first-order valence-corrected chi connectivity index (χ1v) is 9.67. The van der Waals surface area contributed by atoms with Gasteiger partial charge < -0.3 is 14.6 Å². The fraction of sp³-hybridized carbons (Fsp3) is 0. The van der Waals surface area contributed by atoms with Gasteiger partial charge in [0.1, 0.15) is 22.3 Å². The number of nitrogen functional groups attached to an aromatic ring is 1. The van der Waals surface area contributed by atoms with Crippen LogP contribution in [-0.4, -0.2) is 0 Å². The number of hydrogen-bond acceptors (Lipinski definition) is 3. The van der Waals surface area contributed by atoms with Crippen molar-refractivity contribution in [1.82, 2.24) is 0 Å². The Bertz CT molecular complexity index is 1420. The van der Waals surface area contributed by atoms with Crippen molar-refractivity contribution in [3.05, 3.63) is 72.8 Å². The number of furan rings is 2.